The van der Waals surface area contributed by atoms with Gasteiger partial charge in [-0.15, -0.1) is 12.4 Å². The molecule has 16 heavy (non-hydrogen) atoms. The highest BCUT2D eigenvalue weighted by molar-refractivity contribution is 5.85. The molecule has 0 aromatic carbocycles. The molecule has 2 atom stereocenters. The third-order valence-corrected chi connectivity index (χ3v) is 3.02. The van der Waals surface area contributed by atoms with Gasteiger partial charge in [-0.05, 0) is 38.0 Å². The van der Waals surface area contributed by atoms with Crippen LogP contribution in [0.15, 0.2) is 0 Å². The van der Waals surface area contributed by atoms with Crippen LogP contribution in [0.4, 0.5) is 0 Å². The van der Waals surface area contributed by atoms with E-state index in [-0.39, 0.29) is 24.4 Å². The Bertz CT molecular complexity index is 219. The van der Waals surface area contributed by atoms with Crippen molar-refractivity contribution in [2.45, 2.75) is 46.1 Å². The molecule has 0 aromatic heterocycles. The zero-order valence-electron chi connectivity index (χ0n) is 10.6. The Kier molecular flexibility index (Phi) is 7.00. The molecule has 1 amide bonds. The summed E-state index contributed by atoms with van der Waals surface area (Å²) in [6.45, 7) is 8.07. The molecule has 0 saturated carbocycles. The number of nitrogens with zero attached hydrogens (tertiary/aromatic N) is 1. The minimum absolute atomic E-state index is 0. The van der Waals surface area contributed by atoms with Gasteiger partial charge in [-0.1, -0.05) is 13.8 Å². The lowest BCUT2D eigenvalue weighted by molar-refractivity contribution is -0.134. The third-order valence-electron chi connectivity index (χ3n) is 3.02. The first-order chi connectivity index (χ1) is 7.00. The van der Waals surface area contributed by atoms with Crippen molar-refractivity contribution in [3.05, 3.63) is 0 Å². The average molecular weight is 249 g/mol. The number of carbonyl (C=O) groups excluding carboxylic acids is 1. The van der Waals surface area contributed by atoms with Gasteiger partial charge in [0.2, 0.25) is 5.91 Å². The van der Waals surface area contributed by atoms with Gasteiger partial charge >= 0.3 is 0 Å². The molecule has 0 radical (unpaired) electrons. The molecule has 96 valence electrons. The van der Waals surface area contributed by atoms with E-state index < -0.39 is 0 Å². The van der Waals surface area contributed by atoms with Gasteiger partial charge in [0.05, 0.1) is 6.04 Å². The lowest BCUT2D eigenvalue weighted by Crippen LogP contribution is -2.47. The van der Waals surface area contributed by atoms with Crippen LogP contribution in [-0.2, 0) is 4.79 Å². The summed E-state index contributed by atoms with van der Waals surface area (Å²) < 4.78 is 0. The summed E-state index contributed by atoms with van der Waals surface area (Å²) >= 11 is 0. The van der Waals surface area contributed by atoms with Gasteiger partial charge in [0.15, 0.2) is 0 Å². The van der Waals surface area contributed by atoms with Crippen LogP contribution in [-0.4, -0.2) is 29.9 Å². The number of hydrogen-bond donors (Lipinski definition) is 1. The number of halogens is 1. The molecular formula is C12H25ClN2O. The van der Waals surface area contributed by atoms with Crippen LogP contribution in [0.1, 0.15) is 40.0 Å². The van der Waals surface area contributed by atoms with E-state index in [4.69, 9.17) is 5.73 Å². The molecule has 0 aromatic rings. The van der Waals surface area contributed by atoms with Gasteiger partial charge in [-0.3, -0.25) is 4.79 Å². The summed E-state index contributed by atoms with van der Waals surface area (Å²) in [6, 6.07) is -0.345. The Hall–Kier alpha value is -0.280. The molecule has 0 spiro atoms. The van der Waals surface area contributed by atoms with Crippen LogP contribution < -0.4 is 5.73 Å². The van der Waals surface area contributed by atoms with Crippen molar-refractivity contribution in [3.63, 3.8) is 0 Å². The number of amides is 1. The maximum Gasteiger partial charge on any atom is 0.239 e. The maximum absolute atomic E-state index is 11.7. The first-order valence-electron chi connectivity index (χ1n) is 6.05. The van der Waals surface area contributed by atoms with Crippen molar-refractivity contribution in [3.8, 4) is 0 Å². The van der Waals surface area contributed by atoms with Gasteiger partial charge < -0.3 is 10.6 Å². The molecule has 1 rings (SSSR count). The van der Waals surface area contributed by atoms with Crippen LogP contribution in [0.5, 0.6) is 0 Å². The summed E-state index contributed by atoms with van der Waals surface area (Å²) in [5, 5.41) is 0. The second kappa shape index (κ2) is 7.13. The molecule has 4 heteroatoms. The fourth-order valence-electron chi connectivity index (χ4n) is 2.41. The molecule has 1 unspecified atom stereocenters. The number of piperidine rings is 1. The second-order valence-corrected chi connectivity index (χ2v) is 5.21. The Balaban J connectivity index is 0.00000225. The summed E-state index contributed by atoms with van der Waals surface area (Å²) in [5.74, 6) is 1.52. The Morgan fingerprint density at radius 2 is 2.06 bits per heavy atom. The van der Waals surface area contributed by atoms with E-state index >= 15 is 0 Å². The molecule has 3 nitrogen and oxygen atoms in total. The van der Waals surface area contributed by atoms with Crippen LogP contribution in [0.3, 0.4) is 0 Å². The van der Waals surface area contributed by atoms with E-state index in [1.54, 1.807) is 6.92 Å². The first kappa shape index (κ1) is 15.7. The standard InChI is InChI=1S/C12H24N2O.ClH/c1-9(2)7-11-5-4-6-14(8-11)12(15)10(3)13;/h9-11H,4-8,13H2,1-3H3;1H/t10-,11?;/m1./s1. The van der Waals surface area contributed by atoms with Crippen LogP contribution in [0, 0.1) is 11.8 Å². The van der Waals surface area contributed by atoms with Gasteiger partial charge in [-0.2, -0.15) is 0 Å². The molecule has 1 heterocycles. The predicted octanol–water partition coefficient (Wildman–Crippen LogP) is 2.04. The van der Waals surface area contributed by atoms with Gasteiger partial charge in [0.25, 0.3) is 0 Å². The van der Waals surface area contributed by atoms with E-state index in [2.05, 4.69) is 13.8 Å². The van der Waals surface area contributed by atoms with Gasteiger partial charge in [-0.25, -0.2) is 0 Å². The zero-order valence-corrected chi connectivity index (χ0v) is 11.4. The Morgan fingerprint density at radius 3 is 2.56 bits per heavy atom. The number of carbonyl (C=O) groups is 1. The molecule has 0 bridgehead atoms. The second-order valence-electron chi connectivity index (χ2n) is 5.21. The van der Waals surface area contributed by atoms with Crippen LogP contribution in [0.25, 0.3) is 0 Å². The summed E-state index contributed by atoms with van der Waals surface area (Å²) in [6.07, 6.45) is 3.62. The van der Waals surface area contributed by atoms with E-state index in [0.717, 1.165) is 25.4 Å². The first-order valence-corrected chi connectivity index (χ1v) is 6.05. The van der Waals surface area contributed by atoms with Crippen molar-refractivity contribution in [2.75, 3.05) is 13.1 Å². The fraction of sp³-hybridized carbons (Fsp3) is 0.917. The SMILES string of the molecule is CC(C)CC1CCCN(C(=O)[C@@H](C)N)C1.Cl. The third kappa shape index (κ3) is 4.71. The monoisotopic (exact) mass is 248 g/mol. The zero-order chi connectivity index (χ0) is 11.4. The molecule has 2 N–H and O–H groups in total. The summed E-state index contributed by atoms with van der Waals surface area (Å²) in [7, 11) is 0. The highest BCUT2D eigenvalue weighted by Gasteiger charge is 2.25. The van der Waals surface area contributed by atoms with E-state index in [9.17, 15) is 4.79 Å². The van der Waals surface area contributed by atoms with Crippen molar-refractivity contribution >= 4 is 18.3 Å². The smallest absolute Gasteiger partial charge is 0.239 e. The quantitative estimate of drug-likeness (QED) is 0.831. The molecule has 1 saturated heterocycles. The number of hydrogen-bond acceptors (Lipinski definition) is 2. The largest absolute Gasteiger partial charge is 0.341 e. The number of nitrogens with two attached hydrogens (primary N) is 1. The molecule has 1 fully saturated rings. The van der Waals surface area contributed by atoms with Crippen LogP contribution >= 0.6 is 12.4 Å². The van der Waals surface area contributed by atoms with Gasteiger partial charge in [0, 0.05) is 13.1 Å². The van der Waals surface area contributed by atoms with Crippen molar-refractivity contribution in [2.24, 2.45) is 17.6 Å². The van der Waals surface area contributed by atoms with E-state index in [1.165, 1.54) is 12.8 Å². The lowest BCUT2D eigenvalue weighted by Gasteiger charge is -2.34. The summed E-state index contributed by atoms with van der Waals surface area (Å²) in [5.41, 5.74) is 5.62. The van der Waals surface area contributed by atoms with E-state index in [1.807, 2.05) is 4.90 Å². The Labute approximate surface area is 105 Å². The number of likely N-dealkylation sites (tertiary alicyclic amines) is 1. The Morgan fingerprint density at radius 1 is 1.44 bits per heavy atom. The van der Waals surface area contributed by atoms with Crippen molar-refractivity contribution in [1.29, 1.82) is 0 Å². The highest BCUT2D eigenvalue weighted by Crippen LogP contribution is 2.23. The molecule has 0 aliphatic carbocycles. The molecular weight excluding hydrogens is 224 g/mol. The van der Waals surface area contributed by atoms with Crippen molar-refractivity contribution in [1.82, 2.24) is 4.90 Å². The minimum Gasteiger partial charge on any atom is -0.341 e. The lowest BCUT2D eigenvalue weighted by atomic mass is 9.89. The van der Waals surface area contributed by atoms with Gasteiger partial charge in [0.1, 0.15) is 0 Å². The number of rotatable bonds is 3. The maximum atomic E-state index is 11.7. The van der Waals surface area contributed by atoms with E-state index in [0.29, 0.717) is 5.92 Å². The fourth-order valence-corrected chi connectivity index (χ4v) is 2.41. The van der Waals surface area contributed by atoms with Crippen molar-refractivity contribution < 1.29 is 4.79 Å². The average Bonchev–Trinajstić information content (AvgIpc) is 2.16. The van der Waals surface area contributed by atoms with Crippen LogP contribution in [0.2, 0.25) is 0 Å². The molecule has 1 aliphatic heterocycles. The normalized spacial score (nSPS) is 22.8. The predicted molar refractivity (Wildman–Crippen MR) is 69.7 cm³/mol. The summed E-state index contributed by atoms with van der Waals surface area (Å²) in [4.78, 5) is 13.7. The minimum atomic E-state index is -0.345. The molecule has 1 aliphatic rings. The topological polar surface area (TPSA) is 46.3 Å². The highest BCUT2D eigenvalue weighted by atomic mass is 35.5.